The molecule has 0 spiro atoms. The van der Waals surface area contributed by atoms with E-state index < -0.39 is 11.9 Å². The number of benzene rings is 2. The van der Waals surface area contributed by atoms with Crippen LogP contribution in [0.2, 0.25) is 5.02 Å². The molecule has 1 atom stereocenters. The largest absolute Gasteiger partial charge is 0.508 e. The number of rotatable bonds is 4. The lowest BCUT2D eigenvalue weighted by molar-refractivity contribution is 0.0703. The van der Waals surface area contributed by atoms with Gasteiger partial charge in [-0.1, -0.05) is 29.8 Å². The van der Waals surface area contributed by atoms with Gasteiger partial charge in [0.05, 0.1) is 16.8 Å². The second-order valence-electron chi connectivity index (χ2n) is 7.51. The third-order valence-corrected chi connectivity index (χ3v) is 5.81. The number of aromatic nitrogens is 2. The van der Waals surface area contributed by atoms with Crippen LogP contribution in [0.1, 0.15) is 41.0 Å². The van der Waals surface area contributed by atoms with Gasteiger partial charge in [-0.25, -0.2) is 5.01 Å². The van der Waals surface area contributed by atoms with Crippen molar-refractivity contribution < 1.29 is 19.4 Å². The van der Waals surface area contributed by atoms with Crippen LogP contribution in [0.5, 0.6) is 17.2 Å². The first-order valence-corrected chi connectivity index (χ1v) is 10.7. The molecule has 3 heterocycles. The summed E-state index contributed by atoms with van der Waals surface area (Å²) in [6, 6.07) is 12.0. The van der Waals surface area contributed by atoms with Crippen LogP contribution in [-0.2, 0) is 6.54 Å². The van der Waals surface area contributed by atoms with Crippen LogP contribution in [0.15, 0.2) is 53.8 Å². The fraction of sp³-hybridized carbons (Fsp3) is 0.261. The molecular weight excluding hydrogens is 432 g/mol. The molecule has 1 aromatic heterocycles. The van der Waals surface area contributed by atoms with Crippen molar-refractivity contribution in [3.05, 3.63) is 70.5 Å². The number of fused-ring (bicyclic) bond motifs is 1. The molecule has 0 fully saturated rings. The van der Waals surface area contributed by atoms with Crippen molar-refractivity contribution in [3.8, 4) is 17.2 Å². The molecule has 2 aliphatic rings. The number of nitrogens with zero attached hydrogens (tertiary/aromatic N) is 4. The van der Waals surface area contributed by atoms with Crippen LogP contribution in [0, 0.1) is 0 Å². The Morgan fingerprint density at radius 1 is 1.19 bits per heavy atom. The first-order valence-electron chi connectivity index (χ1n) is 10.4. The number of carbonyl (C=O) groups excluding carboxylic acids is 1. The fourth-order valence-corrected chi connectivity index (χ4v) is 4.15. The van der Waals surface area contributed by atoms with E-state index in [1.807, 2.05) is 31.2 Å². The number of para-hydroxylation sites is 1. The smallest absolute Gasteiger partial charge is 0.296 e. The Balaban J connectivity index is 1.55. The molecule has 0 radical (unpaired) electrons. The standard InChI is InChI=1S/C23H21ClN4O4/c1-2-27-13-16(24)22(26-27)23(30)28-18(15-5-3-4-6-19(15)29)12-17(25-28)14-7-8-20-21(11-14)32-10-9-31-20/h3-8,11,13,18,29H,2,9-10,12H2,1H3/t18-/m0/s1. The fourth-order valence-electron chi connectivity index (χ4n) is 3.92. The van der Waals surface area contributed by atoms with Gasteiger partial charge in [-0.15, -0.1) is 0 Å². The molecule has 2 aromatic carbocycles. The number of aryl methyl sites for hydroxylation is 1. The van der Waals surface area contributed by atoms with Gasteiger partial charge >= 0.3 is 0 Å². The maximum Gasteiger partial charge on any atom is 0.296 e. The first kappa shape index (κ1) is 20.4. The van der Waals surface area contributed by atoms with E-state index in [1.165, 1.54) is 5.01 Å². The highest BCUT2D eigenvalue weighted by Crippen LogP contribution is 2.39. The Hall–Kier alpha value is -3.52. The number of amides is 1. The molecule has 0 bridgehead atoms. The molecule has 9 heteroatoms. The van der Waals surface area contributed by atoms with Gasteiger partial charge in [0.15, 0.2) is 17.2 Å². The highest BCUT2D eigenvalue weighted by atomic mass is 35.5. The molecule has 164 valence electrons. The van der Waals surface area contributed by atoms with Gasteiger partial charge in [-0.2, -0.15) is 10.2 Å². The zero-order valence-electron chi connectivity index (χ0n) is 17.4. The summed E-state index contributed by atoms with van der Waals surface area (Å²) in [5.74, 6) is 0.993. The minimum atomic E-state index is -0.505. The molecule has 1 amide bonds. The molecule has 2 aliphatic heterocycles. The van der Waals surface area contributed by atoms with Crippen molar-refractivity contribution in [1.82, 2.24) is 14.8 Å². The van der Waals surface area contributed by atoms with Crippen LogP contribution in [0.3, 0.4) is 0 Å². The van der Waals surface area contributed by atoms with E-state index in [1.54, 1.807) is 29.1 Å². The van der Waals surface area contributed by atoms with Crippen molar-refractivity contribution >= 4 is 23.2 Å². The van der Waals surface area contributed by atoms with Gasteiger partial charge in [0.2, 0.25) is 0 Å². The third-order valence-electron chi connectivity index (χ3n) is 5.53. The molecule has 0 aliphatic carbocycles. The van der Waals surface area contributed by atoms with Crippen LogP contribution >= 0.6 is 11.6 Å². The number of halogens is 1. The number of phenolic OH excluding ortho intramolecular Hbond substituents is 1. The molecule has 32 heavy (non-hydrogen) atoms. The number of carbonyl (C=O) groups is 1. The predicted molar refractivity (Wildman–Crippen MR) is 119 cm³/mol. The maximum atomic E-state index is 13.4. The number of ether oxygens (including phenoxy) is 2. The van der Waals surface area contributed by atoms with Gasteiger partial charge in [0.1, 0.15) is 19.0 Å². The normalized spacial score (nSPS) is 17.4. The summed E-state index contributed by atoms with van der Waals surface area (Å²) in [6.45, 7) is 3.49. The van der Waals surface area contributed by atoms with Crippen molar-refractivity contribution in [2.75, 3.05) is 13.2 Å². The average Bonchev–Trinajstić information content (AvgIpc) is 3.42. The summed E-state index contributed by atoms with van der Waals surface area (Å²) in [7, 11) is 0. The minimum absolute atomic E-state index is 0.0964. The van der Waals surface area contributed by atoms with Gasteiger partial charge in [-0.3, -0.25) is 9.48 Å². The highest BCUT2D eigenvalue weighted by molar-refractivity contribution is 6.33. The van der Waals surface area contributed by atoms with E-state index in [4.69, 9.17) is 21.1 Å². The van der Waals surface area contributed by atoms with Crippen molar-refractivity contribution in [2.24, 2.45) is 5.10 Å². The lowest BCUT2D eigenvalue weighted by Crippen LogP contribution is -2.28. The van der Waals surface area contributed by atoms with E-state index >= 15 is 0 Å². The number of aromatic hydroxyl groups is 1. The highest BCUT2D eigenvalue weighted by Gasteiger charge is 2.37. The molecule has 5 rings (SSSR count). The van der Waals surface area contributed by atoms with Gasteiger partial charge in [-0.05, 0) is 31.2 Å². The van der Waals surface area contributed by atoms with Crippen molar-refractivity contribution in [3.63, 3.8) is 0 Å². The average molecular weight is 453 g/mol. The van der Waals surface area contributed by atoms with E-state index in [0.29, 0.717) is 49.0 Å². The molecule has 8 nitrogen and oxygen atoms in total. The molecular formula is C23H21ClN4O4. The topological polar surface area (TPSA) is 89.2 Å². The van der Waals surface area contributed by atoms with Gasteiger partial charge < -0.3 is 14.6 Å². The molecule has 0 saturated carbocycles. The zero-order chi connectivity index (χ0) is 22.2. The second-order valence-corrected chi connectivity index (χ2v) is 7.92. The summed E-state index contributed by atoms with van der Waals surface area (Å²) in [5, 5.41) is 21.0. The Morgan fingerprint density at radius 3 is 2.72 bits per heavy atom. The van der Waals surface area contributed by atoms with Crippen LogP contribution < -0.4 is 9.47 Å². The molecule has 0 saturated heterocycles. The lowest BCUT2D eigenvalue weighted by Gasteiger charge is -2.22. The number of hydrazone groups is 1. The van der Waals surface area contributed by atoms with Crippen LogP contribution in [0.4, 0.5) is 0 Å². The summed E-state index contributed by atoms with van der Waals surface area (Å²) < 4.78 is 12.9. The SMILES string of the molecule is CCn1cc(Cl)c(C(=O)N2N=C(c3ccc4c(c3)OCCO4)C[C@H]2c2ccccc2O)n1. The number of hydrogen-bond donors (Lipinski definition) is 1. The maximum absolute atomic E-state index is 13.4. The van der Waals surface area contributed by atoms with Crippen LogP contribution in [-0.4, -0.2) is 44.7 Å². The summed E-state index contributed by atoms with van der Waals surface area (Å²) in [4.78, 5) is 13.4. The van der Waals surface area contributed by atoms with Crippen molar-refractivity contribution in [1.29, 1.82) is 0 Å². The van der Waals surface area contributed by atoms with E-state index in [-0.39, 0.29) is 16.5 Å². The Morgan fingerprint density at radius 2 is 1.97 bits per heavy atom. The first-order chi connectivity index (χ1) is 15.5. The predicted octanol–water partition coefficient (Wildman–Crippen LogP) is 4.02. The third kappa shape index (κ3) is 3.56. The zero-order valence-corrected chi connectivity index (χ0v) is 18.1. The lowest BCUT2D eigenvalue weighted by atomic mass is 9.97. The van der Waals surface area contributed by atoms with E-state index in [2.05, 4.69) is 10.2 Å². The van der Waals surface area contributed by atoms with E-state index in [9.17, 15) is 9.90 Å². The quantitative estimate of drug-likeness (QED) is 0.645. The number of hydrogen-bond acceptors (Lipinski definition) is 6. The Bertz CT molecular complexity index is 1220. The van der Waals surface area contributed by atoms with Gasteiger partial charge in [0.25, 0.3) is 5.91 Å². The monoisotopic (exact) mass is 452 g/mol. The van der Waals surface area contributed by atoms with Crippen molar-refractivity contribution in [2.45, 2.75) is 25.9 Å². The van der Waals surface area contributed by atoms with Crippen LogP contribution in [0.25, 0.3) is 0 Å². The summed E-state index contributed by atoms with van der Waals surface area (Å²) in [5.41, 5.74) is 2.23. The second kappa shape index (κ2) is 8.20. The molecule has 3 aromatic rings. The van der Waals surface area contributed by atoms with E-state index in [0.717, 1.165) is 5.56 Å². The molecule has 0 unspecified atom stereocenters. The number of phenols is 1. The Kier molecular flexibility index (Phi) is 5.22. The molecule has 1 N–H and O–H groups in total. The summed E-state index contributed by atoms with van der Waals surface area (Å²) in [6.07, 6.45) is 2.03. The van der Waals surface area contributed by atoms with Gasteiger partial charge in [0, 0.05) is 30.3 Å². The minimum Gasteiger partial charge on any atom is -0.508 e. The summed E-state index contributed by atoms with van der Waals surface area (Å²) >= 11 is 6.30. The Labute approximate surface area is 189 Å².